The fraction of sp³-hybridized carbons (Fsp3) is 0. The van der Waals surface area contributed by atoms with Crippen molar-refractivity contribution in [3.63, 3.8) is 0 Å². The Balaban J connectivity index is 1.84. The smallest absolute Gasteiger partial charge is 0.132 e. The Morgan fingerprint density at radius 3 is 1.26 bits per heavy atom. The first-order valence-corrected chi connectivity index (χ1v) is 9.41. The zero-order valence-electron chi connectivity index (χ0n) is 14.4. The number of hydrogen-bond acceptors (Lipinski definition) is 1. The van der Waals surface area contributed by atoms with Crippen LogP contribution in [0, 0.1) is 11.6 Å². The molecule has 27 heavy (non-hydrogen) atoms. The maximum absolute atomic E-state index is 14.7. The first kappa shape index (κ1) is 17.5. The first-order chi connectivity index (χ1) is 13.2. The third-order valence-electron chi connectivity index (χ3n) is 4.30. The molecule has 0 unspecified atom stereocenters. The molecule has 0 bridgehead atoms. The highest BCUT2D eigenvalue weighted by Gasteiger charge is 2.16. The monoisotopic (exact) mass is 374 g/mol. The molecule has 0 saturated carbocycles. The lowest BCUT2D eigenvalue weighted by atomic mass is 10.1. The van der Waals surface area contributed by atoms with Crippen LogP contribution in [0.5, 0.6) is 0 Å². The molecule has 0 aromatic heterocycles. The van der Waals surface area contributed by atoms with Gasteiger partial charge in [0.15, 0.2) is 0 Å². The van der Waals surface area contributed by atoms with E-state index in [1.165, 1.54) is 23.9 Å². The Hall–Kier alpha value is -2.91. The molecule has 0 heterocycles. The molecule has 4 rings (SSSR count). The summed E-state index contributed by atoms with van der Waals surface area (Å²) in [5, 5.41) is 0. The highest BCUT2D eigenvalue weighted by atomic mass is 32.2. The van der Waals surface area contributed by atoms with Gasteiger partial charge in [0.1, 0.15) is 11.6 Å². The van der Waals surface area contributed by atoms with Crippen molar-refractivity contribution in [2.45, 2.75) is 9.79 Å². The van der Waals surface area contributed by atoms with Crippen molar-refractivity contribution in [3.05, 3.63) is 109 Å². The van der Waals surface area contributed by atoms with Crippen LogP contribution in [-0.4, -0.2) is 0 Å². The van der Waals surface area contributed by atoms with Crippen LogP contribution in [0.15, 0.2) is 107 Å². The molecule has 3 heteroatoms. The molecule has 0 saturated heterocycles. The maximum Gasteiger partial charge on any atom is 0.132 e. The van der Waals surface area contributed by atoms with E-state index in [-0.39, 0.29) is 11.6 Å². The molecule has 4 aromatic rings. The number of rotatable bonds is 4. The van der Waals surface area contributed by atoms with Crippen molar-refractivity contribution in [2.24, 2.45) is 0 Å². The maximum atomic E-state index is 14.7. The molecule has 0 amide bonds. The highest BCUT2D eigenvalue weighted by Crippen LogP contribution is 2.42. The van der Waals surface area contributed by atoms with Crippen LogP contribution < -0.4 is 0 Å². The Morgan fingerprint density at radius 1 is 0.444 bits per heavy atom. The summed E-state index contributed by atoms with van der Waals surface area (Å²) < 4.78 is 29.3. The Bertz CT molecular complexity index is 973. The Labute approximate surface area is 161 Å². The average Bonchev–Trinajstić information content (AvgIpc) is 2.70. The summed E-state index contributed by atoms with van der Waals surface area (Å²) >= 11 is 1.38. The second kappa shape index (κ2) is 7.77. The van der Waals surface area contributed by atoms with Gasteiger partial charge in [-0.3, -0.25) is 0 Å². The van der Waals surface area contributed by atoms with Gasteiger partial charge in [0.05, 0.1) is 0 Å². The molecular weight excluding hydrogens is 358 g/mol. The zero-order chi connectivity index (χ0) is 18.6. The molecule has 0 nitrogen and oxygen atoms in total. The van der Waals surface area contributed by atoms with Crippen molar-refractivity contribution in [1.82, 2.24) is 0 Å². The summed E-state index contributed by atoms with van der Waals surface area (Å²) in [7, 11) is 0. The van der Waals surface area contributed by atoms with E-state index in [4.69, 9.17) is 0 Å². The fourth-order valence-electron chi connectivity index (χ4n) is 3.07. The second-order valence-corrected chi connectivity index (χ2v) is 7.14. The molecule has 0 atom stereocenters. The highest BCUT2D eigenvalue weighted by molar-refractivity contribution is 7.99. The van der Waals surface area contributed by atoms with Crippen molar-refractivity contribution in [2.75, 3.05) is 0 Å². The van der Waals surface area contributed by atoms with E-state index < -0.39 is 0 Å². The summed E-state index contributed by atoms with van der Waals surface area (Å²) in [4.78, 5) is 1.51. The molecule has 0 fully saturated rings. The summed E-state index contributed by atoms with van der Waals surface area (Å²) in [6.45, 7) is 0. The molecule has 0 radical (unpaired) electrons. The summed E-state index contributed by atoms with van der Waals surface area (Å²) in [5.74, 6) is -0.576. The van der Waals surface area contributed by atoms with E-state index in [9.17, 15) is 8.78 Å². The largest absolute Gasteiger partial charge is 0.206 e. The van der Waals surface area contributed by atoms with E-state index in [0.717, 1.165) is 20.9 Å². The average molecular weight is 374 g/mol. The number of halogens is 2. The summed E-state index contributed by atoms with van der Waals surface area (Å²) in [6, 6.07) is 28.9. The zero-order valence-corrected chi connectivity index (χ0v) is 15.2. The third-order valence-corrected chi connectivity index (χ3v) is 5.42. The number of hydrogen-bond donors (Lipinski definition) is 0. The van der Waals surface area contributed by atoms with Crippen LogP contribution in [0.2, 0.25) is 0 Å². The molecule has 0 N–H and O–H groups in total. The fourth-order valence-corrected chi connectivity index (χ4v) is 4.23. The molecule has 0 aliphatic heterocycles. The van der Waals surface area contributed by atoms with E-state index in [1.54, 1.807) is 12.1 Å². The van der Waals surface area contributed by atoms with Crippen molar-refractivity contribution in [1.29, 1.82) is 0 Å². The van der Waals surface area contributed by atoms with Crippen LogP contribution in [0.4, 0.5) is 8.78 Å². The van der Waals surface area contributed by atoms with Gasteiger partial charge in [-0.15, -0.1) is 0 Å². The van der Waals surface area contributed by atoms with Crippen LogP contribution >= 0.6 is 11.8 Å². The molecule has 0 spiro atoms. The molecule has 4 aromatic carbocycles. The normalized spacial score (nSPS) is 10.7. The van der Waals surface area contributed by atoms with E-state index >= 15 is 0 Å². The lowest BCUT2D eigenvalue weighted by Crippen LogP contribution is -1.91. The topological polar surface area (TPSA) is 0 Å². The van der Waals surface area contributed by atoms with E-state index in [2.05, 4.69) is 0 Å². The van der Waals surface area contributed by atoms with Gasteiger partial charge in [-0.2, -0.15) is 0 Å². The lowest BCUT2D eigenvalue weighted by Gasteiger charge is -2.14. The quantitative estimate of drug-likeness (QED) is 0.357. The van der Waals surface area contributed by atoms with Crippen molar-refractivity contribution >= 4 is 11.8 Å². The molecule has 132 valence electrons. The van der Waals surface area contributed by atoms with Crippen LogP contribution in [-0.2, 0) is 0 Å². The van der Waals surface area contributed by atoms with E-state index in [0.29, 0.717) is 11.1 Å². The second-order valence-electron chi connectivity index (χ2n) is 6.06. The predicted molar refractivity (Wildman–Crippen MR) is 108 cm³/mol. The van der Waals surface area contributed by atoms with E-state index in [1.807, 2.05) is 72.8 Å². The molecule has 0 aliphatic rings. The first-order valence-electron chi connectivity index (χ1n) is 8.60. The van der Waals surface area contributed by atoms with Gasteiger partial charge < -0.3 is 0 Å². The van der Waals surface area contributed by atoms with Crippen molar-refractivity contribution < 1.29 is 8.78 Å². The minimum absolute atomic E-state index is 0.288. The van der Waals surface area contributed by atoms with Crippen molar-refractivity contribution in [3.8, 4) is 22.3 Å². The van der Waals surface area contributed by atoms with Gasteiger partial charge in [0.2, 0.25) is 0 Å². The van der Waals surface area contributed by atoms with Gasteiger partial charge in [0, 0.05) is 20.9 Å². The minimum atomic E-state index is -0.288. The standard InChI is InChI=1S/C24H16F2S/c25-19-13-7-15-21(23(19)17-9-3-1-4-10-17)27-22-16-8-14-20(26)24(22)18-11-5-2-6-12-18/h1-16H. The summed E-state index contributed by atoms with van der Waals surface area (Å²) in [6.07, 6.45) is 0. The summed E-state index contributed by atoms with van der Waals surface area (Å²) in [5.41, 5.74) is 2.67. The third kappa shape index (κ3) is 3.64. The van der Waals surface area contributed by atoms with Gasteiger partial charge in [0.25, 0.3) is 0 Å². The SMILES string of the molecule is Fc1cccc(Sc2cccc(F)c2-c2ccccc2)c1-c1ccccc1. The minimum Gasteiger partial charge on any atom is -0.206 e. The number of benzene rings is 4. The predicted octanol–water partition coefficient (Wildman–Crippen LogP) is 7.45. The Morgan fingerprint density at radius 2 is 0.852 bits per heavy atom. The van der Waals surface area contributed by atoms with Gasteiger partial charge >= 0.3 is 0 Å². The van der Waals surface area contributed by atoms with Gasteiger partial charge in [-0.05, 0) is 35.4 Å². The van der Waals surface area contributed by atoms with Gasteiger partial charge in [-0.1, -0.05) is 84.6 Å². The Kier molecular flexibility index (Phi) is 5.03. The van der Waals surface area contributed by atoms with Gasteiger partial charge in [-0.25, -0.2) is 8.78 Å². The molecule has 0 aliphatic carbocycles. The lowest BCUT2D eigenvalue weighted by molar-refractivity contribution is 0.628. The van der Waals surface area contributed by atoms with Crippen LogP contribution in [0.25, 0.3) is 22.3 Å². The van der Waals surface area contributed by atoms with Crippen LogP contribution in [0.3, 0.4) is 0 Å². The van der Waals surface area contributed by atoms with Crippen LogP contribution in [0.1, 0.15) is 0 Å². The molecular formula is C24H16F2S.